The van der Waals surface area contributed by atoms with Crippen LogP contribution >= 0.6 is 0 Å². The molecule has 29 nitrogen and oxygen atoms in total. The molecule has 0 radical (unpaired) electrons. The molecule has 3 aliphatic heterocycles. The number of rotatable bonds is 17. The van der Waals surface area contributed by atoms with Gasteiger partial charge in [-0.25, -0.2) is 28.8 Å². The molecule has 3 heterocycles. The lowest BCUT2D eigenvalue weighted by Gasteiger charge is -2.50. The molecule has 0 aromatic heterocycles. The van der Waals surface area contributed by atoms with Crippen LogP contribution in [0.3, 0.4) is 0 Å². The largest absolute Gasteiger partial charge is 0.466 e. The van der Waals surface area contributed by atoms with E-state index in [4.69, 9.17) is 47.4 Å². The van der Waals surface area contributed by atoms with Gasteiger partial charge in [0.2, 0.25) is 6.29 Å². The number of amides is 7. The molecular formula is C57H100N8O21. The number of nitrogens with one attached hydrogen (secondary N) is 5. The van der Waals surface area contributed by atoms with Gasteiger partial charge in [-0.1, -0.05) is 0 Å². The van der Waals surface area contributed by atoms with Crippen LogP contribution in [-0.4, -0.2) is 243 Å². The fraction of sp³-hybridized carbons (Fsp3) is 0.842. The molecule has 1 saturated carbocycles. The number of ether oxygens (including phenoxy) is 10. The predicted octanol–water partition coefficient (Wildman–Crippen LogP) is 3.46. The van der Waals surface area contributed by atoms with Crippen LogP contribution in [0.2, 0.25) is 0 Å². The summed E-state index contributed by atoms with van der Waals surface area (Å²) in [4.78, 5) is 97.6. The number of carbonyl (C=O) groups is 7. The summed E-state index contributed by atoms with van der Waals surface area (Å²) in [6.45, 7) is 31.0. The molecule has 86 heavy (non-hydrogen) atoms. The van der Waals surface area contributed by atoms with Gasteiger partial charge in [-0.15, -0.1) is 0 Å². The zero-order valence-electron chi connectivity index (χ0n) is 53.9. The Balaban J connectivity index is 1.73. The zero-order chi connectivity index (χ0) is 65.5. The van der Waals surface area contributed by atoms with E-state index in [1.54, 1.807) is 131 Å². The molecule has 3 fully saturated rings. The molecule has 4 aliphatic rings. The maximum absolute atomic E-state index is 14.0. The minimum absolute atomic E-state index is 0.0211. The molecule has 0 bridgehead atoms. The third-order valence-electron chi connectivity index (χ3n) is 12.9. The molecule has 1 aliphatic carbocycles. The summed E-state index contributed by atoms with van der Waals surface area (Å²) in [6.07, 6.45) is -15.9. The van der Waals surface area contributed by atoms with E-state index in [-0.39, 0.29) is 50.9 Å². The molecular weight excluding hydrogens is 1130 g/mol. The van der Waals surface area contributed by atoms with Crippen molar-refractivity contribution in [1.82, 2.24) is 41.3 Å². The van der Waals surface area contributed by atoms with Crippen LogP contribution < -0.4 is 26.6 Å². The molecule has 0 aromatic carbocycles. The molecule has 4 rings (SSSR count). The smallest absolute Gasteiger partial charge is 0.410 e. The molecule has 29 heteroatoms. The number of carbonyl (C=O) groups excluding carboxylic acids is 7. The Morgan fingerprint density at radius 1 is 0.663 bits per heavy atom. The third-order valence-corrected chi connectivity index (χ3v) is 12.9. The van der Waals surface area contributed by atoms with Crippen LogP contribution in [0.15, 0.2) is 11.8 Å². The molecule has 0 aromatic rings. The van der Waals surface area contributed by atoms with E-state index in [2.05, 4.69) is 26.6 Å². The first-order chi connectivity index (χ1) is 39.1. The third kappa shape index (κ3) is 23.4. The van der Waals surface area contributed by atoms with Crippen LogP contribution in [0.1, 0.15) is 144 Å². The Kier molecular flexibility index (Phi) is 24.2. The monoisotopic (exact) mass is 1230 g/mol. The average Bonchev–Trinajstić information content (AvgIpc) is 0.873. The molecule has 0 spiro atoms. The predicted molar refractivity (Wildman–Crippen MR) is 308 cm³/mol. The van der Waals surface area contributed by atoms with Gasteiger partial charge < -0.3 is 109 Å². The van der Waals surface area contributed by atoms with Crippen molar-refractivity contribution < 1.29 is 101 Å². The Morgan fingerprint density at radius 3 is 1.66 bits per heavy atom. The molecule has 2 saturated heterocycles. The van der Waals surface area contributed by atoms with Crippen LogP contribution in [-0.2, 0) is 52.2 Å². The van der Waals surface area contributed by atoms with Crippen molar-refractivity contribution in [3.8, 4) is 0 Å². The fourth-order valence-electron chi connectivity index (χ4n) is 9.39. The topological polar surface area (TPSA) is 363 Å². The second kappa shape index (κ2) is 28.6. The lowest BCUT2D eigenvalue weighted by atomic mass is 9.82. The minimum atomic E-state index is -1.99. The second-order valence-corrected chi connectivity index (χ2v) is 28.3. The number of likely N-dealkylation sites (tertiary alicyclic amines) is 1. The van der Waals surface area contributed by atoms with Crippen molar-refractivity contribution in [2.24, 2.45) is 0 Å². The Hall–Kier alpha value is -5.69. The summed E-state index contributed by atoms with van der Waals surface area (Å²) in [5, 5.41) is 61.3. The number of hydrogen-bond donors (Lipinski definition) is 9. The molecule has 12 atom stereocenters. The van der Waals surface area contributed by atoms with Gasteiger partial charge in [0.15, 0.2) is 6.29 Å². The van der Waals surface area contributed by atoms with Gasteiger partial charge in [0.25, 0.3) is 5.91 Å². The van der Waals surface area contributed by atoms with E-state index in [9.17, 15) is 54.0 Å². The van der Waals surface area contributed by atoms with E-state index >= 15 is 0 Å². The van der Waals surface area contributed by atoms with Gasteiger partial charge in [0.05, 0.1) is 49.9 Å². The van der Waals surface area contributed by atoms with Gasteiger partial charge in [-0.2, -0.15) is 0 Å². The first-order valence-corrected chi connectivity index (χ1v) is 29.1. The number of aliphatic hydroxyl groups excluding tert-OH is 3. The van der Waals surface area contributed by atoms with E-state index in [0.29, 0.717) is 0 Å². The maximum Gasteiger partial charge on any atom is 0.410 e. The van der Waals surface area contributed by atoms with Gasteiger partial charge in [-0.3, -0.25) is 4.79 Å². The Labute approximate surface area is 505 Å². The second-order valence-electron chi connectivity index (χ2n) is 28.3. The zero-order valence-corrected chi connectivity index (χ0v) is 53.9. The molecule has 9 N–H and O–H groups in total. The SMILES string of the molecule is CN(C(=O)OC(C)(C)C)[C@@H]1[C@@H](O)[C@@H](O[C@@H]2[C@@H](O)[C@H](O[C@H]3OC(CNCCN(C(=O)OC(C)(C)C)C4CN(C(=O)OC(C)(C)C)C4)=CC[C@H]3NC(=O)OC(C)(C)C)[C@@H](NC(=O)OC(C)(C)C)C[C@H]2NC(=O)[C@@H](O)CNC(=O)OC(C)(C)C)OC[C@]1(C)O. The van der Waals surface area contributed by atoms with E-state index in [0.717, 1.165) is 4.90 Å². The lowest BCUT2D eigenvalue weighted by Crippen LogP contribution is -2.71. The number of alkyl carbamates (subject to hydrolysis) is 3. The average molecular weight is 1230 g/mol. The van der Waals surface area contributed by atoms with Crippen LogP contribution in [0.5, 0.6) is 0 Å². The van der Waals surface area contributed by atoms with Crippen LogP contribution in [0, 0.1) is 0 Å². The highest BCUT2D eigenvalue weighted by atomic mass is 16.7. The van der Waals surface area contributed by atoms with Crippen molar-refractivity contribution >= 4 is 42.5 Å². The molecule has 0 unspecified atom stereocenters. The summed E-state index contributed by atoms with van der Waals surface area (Å²) in [6, 6.07) is -5.70. The molecule has 494 valence electrons. The van der Waals surface area contributed by atoms with Crippen LogP contribution in [0.4, 0.5) is 28.8 Å². The van der Waals surface area contributed by atoms with Crippen molar-refractivity contribution in [2.75, 3.05) is 52.9 Å². The van der Waals surface area contributed by atoms with E-state index in [1.807, 2.05) is 0 Å². The maximum atomic E-state index is 14.0. The first-order valence-electron chi connectivity index (χ1n) is 29.1. The lowest BCUT2D eigenvalue weighted by molar-refractivity contribution is -0.311. The summed E-state index contributed by atoms with van der Waals surface area (Å²) in [5.41, 5.74) is -7.38. The molecule has 7 amide bonds. The Bertz CT molecular complexity index is 2360. The van der Waals surface area contributed by atoms with Crippen molar-refractivity contribution in [3.63, 3.8) is 0 Å². The summed E-state index contributed by atoms with van der Waals surface area (Å²) < 4.78 is 58.8. The van der Waals surface area contributed by atoms with Gasteiger partial charge in [-0.05, 0) is 150 Å². The fourth-order valence-corrected chi connectivity index (χ4v) is 9.39. The van der Waals surface area contributed by atoms with Crippen molar-refractivity contribution in [1.29, 1.82) is 0 Å². The summed E-state index contributed by atoms with van der Waals surface area (Å²) in [7, 11) is 1.29. The number of likely N-dealkylation sites (N-methyl/N-ethyl adjacent to an activating group) is 1. The standard InChI is InChI=1S/C57H100N8O21/c1-51(2,3)81-45(70)59-27-36(66)42(69)60-34-25-35(62-47(72)83-53(7,8)9)40(37(67)39(34)80-44-38(68)41(57(19,76)30-77-44)63(20)48(73)84-54(10,11)12)79-43-33(61-46(71)82-52(4,5)6)22-21-32(78-43)26-58-23-24-65(50(75)86-56(16,17)18)31-28-64(29-31)49(74)85-55(13,14)15/h21,31,33-41,43-44,58,66-68,76H,22-30H2,1-20H3,(H,59,70)(H,60,69)(H,61,71)(H,62,72)/t33-,34-,35+,36+,37-,38-,39+,40-,41-,43-,44-,57+/m1/s1. The van der Waals surface area contributed by atoms with E-state index in [1.165, 1.54) is 23.8 Å². The number of nitrogens with zero attached hydrogens (tertiary/aromatic N) is 3. The van der Waals surface area contributed by atoms with E-state index < -0.39 is 169 Å². The summed E-state index contributed by atoms with van der Waals surface area (Å²) >= 11 is 0. The highest BCUT2D eigenvalue weighted by Gasteiger charge is 2.55. The first kappa shape index (κ1) is 72.8. The highest BCUT2D eigenvalue weighted by Crippen LogP contribution is 2.35. The van der Waals surface area contributed by atoms with Crippen LogP contribution in [0.25, 0.3) is 0 Å². The van der Waals surface area contributed by atoms with Gasteiger partial charge in [0.1, 0.15) is 75.5 Å². The van der Waals surface area contributed by atoms with Gasteiger partial charge in [0, 0.05) is 33.2 Å². The minimum Gasteiger partial charge on any atom is -0.466 e. The van der Waals surface area contributed by atoms with Crippen molar-refractivity contribution in [2.45, 2.75) is 257 Å². The van der Waals surface area contributed by atoms with Gasteiger partial charge >= 0.3 is 36.6 Å². The Morgan fingerprint density at radius 2 is 1.14 bits per heavy atom. The number of aliphatic hydroxyl groups is 4. The van der Waals surface area contributed by atoms with Crippen molar-refractivity contribution in [3.05, 3.63) is 11.8 Å². The normalized spacial score (nSPS) is 27.1. The number of hydrogen-bond acceptors (Lipinski definition) is 22. The quantitative estimate of drug-likeness (QED) is 0.0743. The highest BCUT2D eigenvalue weighted by molar-refractivity contribution is 5.82. The summed E-state index contributed by atoms with van der Waals surface area (Å²) in [5.74, 6) is -0.817.